The van der Waals surface area contributed by atoms with Crippen LogP contribution in [0.1, 0.15) is 60.4 Å². The number of carboxylic acid groups (broad SMARTS) is 1. The van der Waals surface area contributed by atoms with Crippen LogP contribution >= 0.6 is 46.4 Å². The van der Waals surface area contributed by atoms with Crippen molar-refractivity contribution in [2.24, 2.45) is 17.2 Å². The number of amides is 5. The van der Waals surface area contributed by atoms with Crippen molar-refractivity contribution in [1.82, 2.24) is 40.4 Å². The quantitative estimate of drug-likeness (QED) is 0.0152. The summed E-state index contributed by atoms with van der Waals surface area (Å²) in [4.78, 5) is 94.2. The molecule has 10 N–H and O–H groups in total. The Balaban J connectivity index is 0.00000123. The number of ether oxygens (including phenoxy) is 3. The number of primary amides is 2. The fourth-order valence-electron chi connectivity index (χ4n) is 7.99. The summed E-state index contributed by atoms with van der Waals surface area (Å²) in [5.41, 5.74) is 18.2. The van der Waals surface area contributed by atoms with Gasteiger partial charge in [0.15, 0.2) is 11.4 Å². The Morgan fingerprint density at radius 1 is 0.670 bits per heavy atom. The number of Topliss-reactive ketones (excluding diaryl/α,β-unsaturated/α-hetero) is 1. The Morgan fingerprint density at radius 3 is 1.47 bits per heavy atom. The fraction of sp³-hybridized carbons (Fsp3) is 0.333. The number of aliphatic carboxylic acids is 1. The number of hydrogen-bond acceptors (Lipinski definition) is 17. The van der Waals surface area contributed by atoms with Crippen LogP contribution in [-0.2, 0) is 80.5 Å². The van der Waals surface area contributed by atoms with Crippen molar-refractivity contribution in [3.8, 4) is 0 Å². The number of fused-ring (bicyclic) bond motifs is 2. The van der Waals surface area contributed by atoms with E-state index in [1.54, 1.807) is 78.9 Å². The molecule has 500 valence electrons. The normalized spacial score (nSPS) is 12.6. The molecule has 0 aliphatic carbocycles. The molecule has 25 nitrogen and oxygen atoms in total. The van der Waals surface area contributed by atoms with Gasteiger partial charge in [-0.15, -0.1) is 11.6 Å². The van der Waals surface area contributed by atoms with Crippen molar-refractivity contribution in [2.75, 3.05) is 58.6 Å². The van der Waals surface area contributed by atoms with E-state index in [1.807, 2.05) is 0 Å². The van der Waals surface area contributed by atoms with Crippen molar-refractivity contribution in [1.29, 1.82) is 0 Å². The van der Waals surface area contributed by atoms with Gasteiger partial charge in [-0.25, -0.2) is 13.2 Å². The Kier molecular flexibility index (Phi) is 42.1. The molecule has 34 heteroatoms. The number of nitrogens with two attached hydrogens (primary N) is 3. The van der Waals surface area contributed by atoms with Gasteiger partial charge in [0.25, 0.3) is 18.3 Å². The average molecular weight is 1450 g/mol. The first kappa shape index (κ1) is 87.0. The Hall–Kier alpha value is -5.02. The molecule has 7 aromatic rings. The number of carboxylic acids is 1. The number of nitrogens with one attached hydrogen (secondary N) is 3. The van der Waals surface area contributed by atoms with Gasteiger partial charge >= 0.3 is 109 Å². The molecule has 3 fully saturated rings. The maximum absolute atomic E-state index is 14.1. The second kappa shape index (κ2) is 45.5. The molecule has 3 aliphatic rings. The molecular weight excluding hydrogens is 1380 g/mol. The van der Waals surface area contributed by atoms with Crippen molar-refractivity contribution < 1.29 is 185 Å². The number of carbonyl (C=O) groups excluding carboxylic acids is 7. The van der Waals surface area contributed by atoms with Crippen LogP contribution in [0, 0.1) is 17.5 Å². The smallest absolute Gasteiger partial charge is 1.00 e. The molecular formula is C60H70Cl4F3K2N11O14. The van der Waals surface area contributed by atoms with Crippen molar-refractivity contribution in [3.05, 3.63) is 164 Å². The number of alkyl halides is 1. The molecule has 10 rings (SSSR count). The van der Waals surface area contributed by atoms with Crippen LogP contribution in [-0.4, -0.2) is 154 Å². The zero-order valence-corrected chi connectivity index (χ0v) is 58.9. The summed E-state index contributed by atoms with van der Waals surface area (Å²) in [6.07, 6.45) is 0.596. The van der Waals surface area contributed by atoms with E-state index in [4.69, 9.17) is 93.0 Å². The minimum Gasteiger partial charge on any atom is -1.00 e. The standard InChI is InChI=1S/C22H21ClFN5O4.C12H14ClFN2O2.C10H9Cl2FO.C10H9N3O3.C3H7NO.CH2O3.2CH4.2K.H/c23-16-6-3-4-13(20(16)24)8-26-18(30)9-28(14-11-33-12-14)19(31)10-29-17-7-2-1-5-15(17)21(27-29)22(25)32;13-10-3-1-2-8(12(10)14)4-16-11(17)5-15-9-6-18-7-9;11-6-8(14)5-4-7-2-1-3-9(12)10(7)13;11-10(16)9-6-3-1-2-4-7(6)13(12-9)5-8(14)15;4-3-1-5-2-3;2-1-4-3;;;;;/h1-7,14H,8-12H2,(H2,25,32)(H,26,30);1-3,9,15H,4-7H2,(H,16,17);1-3H,4-6H2;1-4H,5H2,(H2,11,16)(H,14,15);3H,1-2,4H2;1,3H;2*1H4;;;/q;;;;;;;;2*+1;-1/p-1. The predicted molar refractivity (Wildman–Crippen MR) is 336 cm³/mol. The first-order valence-electron chi connectivity index (χ1n) is 26.9. The molecule has 0 atom stereocenters. The van der Waals surface area contributed by atoms with Crippen LogP contribution < -0.4 is 141 Å². The van der Waals surface area contributed by atoms with Gasteiger partial charge in [-0.1, -0.05) is 122 Å². The molecule has 3 saturated heterocycles. The Bertz CT molecular complexity index is 3640. The topological polar surface area (TPSA) is 370 Å². The molecule has 5 amide bonds. The van der Waals surface area contributed by atoms with Crippen molar-refractivity contribution >= 4 is 116 Å². The van der Waals surface area contributed by atoms with E-state index in [-0.39, 0.29) is 239 Å². The molecule has 0 radical (unpaired) electrons. The molecule has 3 aliphatic heterocycles. The van der Waals surface area contributed by atoms with Crippen LogP contribution in [0.25, 0.3) is 21.8 Å². The molecule has 5 heterocycles. The fourth-order valence-corrected chi connectivity index (χ4v) is 8.70. The van der Waals surface area contributed by atoms with Crippen LogP contribution in [0.15, 0.2) is 103 Å². The summed E-state index contributed by atoms with van der Waals surface area (Å²) in [7, 11) is 0. The number of para-hydroxylation sites is 2. The molecule has 0 bridgehead atoms. The number of hydrogen-bond donors (Lipinski definition) is 7. The summed E-state index contributed by atoms with van der Waals surface area (Å²) >= 11 is 22.3. The first-order chi connectivity index (χ1) is 43.1. The van der Waals surface area contributed by atoms with Crippen molar-refractivity contribution in [2.45, 2.75) is 72.0 Å². The van der Waals surface area contributed by atoms with Gasteiger partial charge < -0.3 is 68.9 Å². The second-order valence-corrected chi connectivity index (χ2v) is 20.8. The Labute approximate surface area is 645 Å². The minimum atomic E-state index is -1.02. The van der Waals surface area contributed by atoms with Gasteiger partial charge in [-0.05, 0) is 42.3 Å². The summed E-state index contributed by atoms with van der Waals surface area (Å²) in [5.74, 6) is -5.06. The summed E-state index contributed by atoms with van der Waals surface area (Å²) in [5, 5.41) is 34.7. The van der Waals surface area contributed by atoms with E-state index >= 15 is 0 Å². The maximum Gasteiger partial charge on any atom is 1.00 e. The van der Waals surface area contributed by atoms with E-state index < -0.39 is 41.1 Å². The summed E-state index contributed by atoms with van der Waals surface area (Å²) in [6, 6.07) is 28.1. The third-order valence-electron chi connectivity index (χ3n) is 12.8. The van der Waals surface area contributed by atoms with Gasteiger partial charge in [-0.3, -0.25) is 47.7 Å². The number of aromatic nitrogens is 4. The molecule has 2 aromatic heterocycles. The van der Waals surface area contributed by atoms with E-state index in [0.717, 1.165) is 13.2 Å². The van der Waals surface area contributed by atoms with Crippen molar-refractivity contribution in [3.63, 3.8) is 0 Å². The summed E-state index contributed by atoms with van der Waals surface area (Å²) in [6.45, 7) is 2.75. The van der Waals surface area contributed by atoms with E-state index in [1.165, 1.54) is 38.5 Å². The zero-order valence-electron chi connectivity index (χ0n) is 50.6. The van der Waals surface area contributed by atoms with E-state index in [0.29, 0.717) is 71.8 Å². The number of aryl methyl sites for hydroxylation is 1. The third kappa shape index (κ3) is 27.8. The number of halogens is 7. The second-order valence-electron chi connectivity index (χ2n) is 19.4. The molecule has 94 heavy (non-hydrogen) atoms. The SMILES string of the molecule is C.C.NC(=O)c1nn(CC(=O)N(CC(=O)NCc2cccc(Cl)c2F)C2COC2)c2ccccc12.NC(=O)c1nn(CC(=O)O)c2ccccc12.NC1COC1.O=C(CCl)CCc1cccc(Cl)c1F.O=C(CNC1COC1)NCc1cccc(Cl)c1F.O=CO[O-].[H-].[K+].[K+]. The number of carbonyl (C=O) groups is 8. The van der Waals surface area contributed by atoms with E-state index in [9.17, 15) is 46.7 Å². The number of ketones is 1. The van der Waals surface area contributed by atoms with Gasteiger partial charge in [0.2, 0.25) is 17.7 Å². The van der Waals surface area contributed by atoms with Crippen LogP contribution in [0.5, 0.6) is 0 Å². The van der Waals surface area contributed by atoms with Crippen LogP contribution in [0.2, 0.25) is 15.1 Å². The van der Waals surface area contributed by atoms with E-state index in [2.05, 4.69) is 31.0 Å². The number of rotatable bonds is 21. The first-order valence-corrected chi connectivity index (χ1v) is 28.6. The Morgan fingerprint density at radius 2 is 1.09 bits per heavy atom. The molecule has 0 unspecified atom stereocenters. The zero-order chi connectivity index (χ0) is 65.9. The molecule has 0 spiro atoms. The largest absolute Gasteiger partial charge is 1.00 e. The monoisotopic (exact) mass is 1440 g/mol. The maximum atomic E-state index is 14.1. The minimum absolute atomic E-state index is 0. The van der Waals surface area contributed by atoms with Gasteiger partial charge in [0, 0.05) is 41.4 Å². The van der Waals surface area contributed by atoms with Gasteiger partial charge in [0.1, 0.15) is 42.9 Å². The molecule has 5 aromatic carbocycles. The van der Waals surface area contributed by atoms with Crippen LogP contribution in [0.3, 0.4) is 0 Å². The number of nitrogens with zero attached hydrogens (tertiary/aromatic N) is 5. The third-order valence-corrected chi connectivity index (χ3v) is 14.0. The van der Waals surface area contributed by atoms with Gasteiger partial charge in [0.05, 0.1) is 96.3 Å². The average Bonchev–Trinajstić information content (AvgIpc) is 1.66. The van der Waals surface area contributed by atoms with Crippen LogP contribution in [0.4, 0.5) is 13.2 Å². The van der Waals surface area contributed by atoms with Gasteiger partial charge in [-0.2, -0.15) is 10.2 Å². The summed E-state index contributed by atoms with van der Waals surface area (Å²) < 4.78 is 58.4. The number of benzene rings is 5. The predicted octanol–water partition coefficient (Wildman–Crippen LogP) is -0.834. The molecule has 0 saturated carbocycles.